The number of hydrogen-bond donors (Lipinski definition) is 1. The molecule has 0 amide bonds. The molecule has 19 heavy (non-hydrogen) atoms. The third kappa shape index (κ3) is 3.24. The fourth-order valence-corrected chi connectivity index (χ4v) is 1.90. The van der Waals surface area contributed by atoms with Gasteiger partial charge < -0.3 is 4.98 Å². The summed E-state index contributed by atoms with van der Waals surface area (Å²) in [5.41, 5.74) is 10.8. The summed E-state index contributed by atoms with van der Waals surface area (Å²) in [6.45, 7) is 2.31. The van der Waals surface area contributed by atoms with E-state index in [-0.39, 0.29) is 5.43 Å². The summed E-state index contributed by atoms with van der Waals surface area (Å²) in [6.07, 6.45) is 4.54. The number of aromatic amines is 1. The summed E-state index contributed by atoms with van der Waals surface area (Å²) in [6, 6.07) is 7.30. The van der Waals surface area contributed by atoms with Crippen molar-refractivity contribution < 1.29 is 0 Å². The largest absolute Gasteiger partial charge is 0.358 e. The van der Waals surface area contributed by atoms with E-state index in [0.717, 1.165) is 16.8 Å². The van der Waals surface area contributed by atoms with Crippen LogP contribution in [0.1, 0.15) is 17.7 Å². The second-order valence-electron chi connectivity index (χ2n) is 4.27. The van der Waals surface area contributed by atoms with Gasteiger partial charge in [0.1, 0.15) is 0 Å². The first-order valence-corrected chi connectivity index (χ1v) is 6.02. The van der Waals surface area contributed by atoms with Gasteiger partial charge in [-0.25, -0.2) is 0 Å². The maximum absolute atomic E-state index is 11.9. The smallest absolute Gasteiger partial charge is 0.189 e. The van der Waals surface area contributed by atoms with Crippen LogP contribution in [0.4, 0.5) is 0 Å². The van der Waals surface area contributed by atoms with Gasteiger partial charge in [0.2, 0.25) is 0 Å². The predicted molar refractivity (Wildman–Crippen MR) is 77.0 cm³/mol. The van der Waals surface area contributed by atoms with Crippen molar-refractivity contribution in [3.05, 3.63) is 62.3 Å². The van der Waals surface area contributed by atoms with E-state index in [4.69, 9.17) is 5.53 Å². The number of aryl methyl sites for hydroxylation is 1. The predicted octanol–water partition coefficient (Wildman–Crippen LogP) is 3.55. The van der Waals surface area contributed by atoms with Gasteiger partial charge in [0, 0.05) is 34.1 Å². The number of pyridine rings is 1. The van der Waals surface area contributed by atoms with Crippen LogP contribution in [-0.4, -0.2) is 11.5 Å². The molecular formula is C14H14N4O. The van der Waals surface area contributed by atoms with E-state index in [1.807, 2.05) is 37.3 Å². The number of azide groups is 1. The van der Waals surface area contributed by atoms with Crippen LogP contribution in [0.5, 0.6) is 0 Å². The van der Waals surface area contributed by atoms with Crippen LogP contribution in [0.15, 0.2) is 40.3 Å². The Balaban J connectivity index is 2.26. The van der Waals surface area contributed by atoms with Crippen molar-refractivity contribution in [2.45, 2.75) is 13.3 Å². The molecule has 0 saturated heterocycles. The number of nitrogens with zero attached hydrogens (tertiary/aromatic N) is 3. The van der Waals surface area contributed by atoms with Crippen molar-refractivity contribution in [1.82, 2.24) is 4.98 Å². The molecular weight excluding hydrogens is 240 g/mol. The van der Waals surface area contributed by atoms with Gasteiger partial charge in [-0.15, -0.1) is 0 Å². The minimum absolute atomic E-state index is 0.0237. The van der Waals surface area contributed by atoms with E-state index in [1.165, 1.54) is 0 Å². The second kappa shape index (κ2) is 5.89. The second-order valence-corrected chi connectivity index (χ2v) is 4.27. The first kappa shape index (κ1) is 12.9. The molecule has 1 aromatic heterocycles. The summed E-state index contributed by atoms with van der Waals surface area (Å²) >= 11 is 0. The molecule has 0 aliphatic heterocycles. The molecule has 0 radical (unpaired) electrons. The average molecular weight is 254 g/mol. The summed E-state index contributed by atoms with van der Waals surface area (Å²) in [5.74, 6) is 0. The molecule has 0 saturated carbocycles. The van der Waals surface area contributed by atoms with Crippen LogP contribution in [0, 0.1) is 6.92 Å². The topological polar surface area (TPSA) is 81.6 Å². The normalized spacial score (nSPS) is 10.8. The van der Waals surface area contributed by atoms with Crippen LogP contribution < -0.4 is 5.43 Å². The molecule has 5 heteroatoms. The molecule has 2 rings (SSSR count). The maximum atomic E-state index is 11.9. The molecule has 0 bridgehead atoms. The minimum Gasteiger partial charge on any atom is -0.358 e. The van der Waals surface area contributed by atoms with Gasteiger partial charge in [-0.2, -0.15) is 0 Å². The minimum atomic E-state index is 0.0237. The molecule has 0 aliphatic rings. The first-order valence-electron chi connectivity index (χ1n) is 6.02. The van der Waals surface area contributed by atoms with Crippen LogP contribution in [0.2, 0.25) is 0 Å². The summed E-state index contributed by atoms with van der Waals surface area (Å²) in [4.78, 5) is 17.7. The molecule has 0 fully saturated rings. The molecule has 0 aliphatic carbocycles. The lowest BCUT2D eigenvalue weighted by Gasteiger charge is -2.01. The van der Waals surface area contributed by atoms with E-state index in [1.54, 1.807) is 6.07 Å². The monoisotopic (exact) mass is 254 g/mol. The number of fused-ring (bicyclic) bond motifs is 1. The number of rotatable bonds is 4. The lowest BCUT2D eigenvalue weighted by Crippen LogP contribution is -2.02. The Morgan fingerprint density at radius 2 is 2.26 bits per heavy atom. The highest BCUT2D eigenvalue weighted by atomic mass is 16.1. The van der Waals surface area contributed by atoms with Crippen LogP contribution in [0.25, 0.3) is 27.4 Å². The van der Waals surface area contributed by atoms with Gasteiger partial charge >= 0.3 is 0 Å². The molecule has 1 N–H and O–H groups in total. The van der Waals surface area contributed by atoms with E-state index < -0.39 is 0 Å². The lowest BCUT2D eigenvalue weighted by atomic mass is 10.1. The number of H-pyrrole nitrogens is 1. The van der Waals surface area contributed by atoms with Crippen molar-refractivity contribution in [2.75, 3.05) is 6.54 Å². The van der Waals surface area contributed by atoms with E-state index in [0.29, 0.717) is 18.4 Å². The molecule has 2 aromatic rings. The Bertz CT molecular complexity index is 724. The molecule has 1 aromatic carbocycles. The number of nitrogens with one attached hydrogen (secondary N) is 1. The quantitative estimate of drug-likeness (QED) is 0.385. The number of aromatic nitrogens is 1. The number of benzene rings is 1. The number of hydrogen-bond acceptors (Lipinski definition) is 2. The van der Waals surface area contributed by atoms with Gasteiger partial charge in [0.25, 0.3) is 0 Å². The fraction of sp³-hybridized carbons (Fsp3) is 0.214. The van der Waals surface area contributed by atoms with E-state index >= 15 is 0 Å². The third-order valence-electron chi connectivity index (χ3n) is 2.76. The van der Waals surface area contributed by atoms with Crippen LogP contribution in [-0.2, 0) is 0 Å². The molecule has 0 atom stereocenters. The Morgan fingerprint density at radius 1 is 1.42 bits per heavy atom. The standard InChI is InChI=1S/C14H14N4O/c1-10-8-14(19)12-9-11(5-6-13(12)17-10)4-2-3-7-16-18-15/h2,4-6,8-9H,3,7H2,1H3,(H,17,19). The molecule has 96 valence electrons. The molecule has 0 unspecified atom stereocenters. The van der Waals surface area contributed by atoms with Gasteiger partial charge in [0.15, 0.2) is 5.43 Å². The highest BCUT2D eigenvalue weighted by molar-refractivity contribution is 5.81. The van der Waals surface area contributed by atoms with E-state index in [2.05, 4.69) is 15.0 Å². The molecule has 1 heterocycles. The van der Waals surface area contributed by atoms with E-state index in [9.17, 15) is 4.79 Å². The maximum Gasteiger partial charge on any atom is 0.189 e. The summed E-state index contributed by atoms with van der Waals surface area (Å²) < 4.78 is 0. The first-order chi connectivity index (χ1) is 9.20. The van der Waals surface area contributed by atoms with Crippen molar-refractivity contribution in [3.8, 4) is 0 Å². The van der Waals surface area contributed by atoms with Gasteiger partial charge in [0.05, 0.1) is 0 Å². The van der Waals surface area contributed by atoms with Crippen molar-refractivity contribution in [2.24, 2.45) is 5.11 Å². The molecule has 5 nitrogen and oxygen atoms in total. The zero-order valence-electron chi connectivity index (χ0n) is 10.6. The van der Waals surface area contributed by atoms with Crippen molar-refractivity contribution in [3.63, 3.8) is 0 Å². The van der Waals surface area contributed by atoms with Gasteiger partial charge in [-0.05, 0) is 36.6 Å². The summed E-state index contributed by atoms with van der Waals surface area (Å²) in [5, 5.41) is 4.13. The van der Waals surface area contributed by atoms with Gasteiger partial charge in [-0.1, -0.05) is 23.3 Å². The van der Waals surface area contributed by atoms with Crippen LogP contribution >= 0.6 is 0 Å². The molecule has 0 spiro atoms. The highest BCUT2D eigenvalue weighted by Gasteiger charge is 2.00. The Hall–Kier alpha value is -2.52. The van der Waals surface area contributed by atoms with Crippen molar-refractivity contribution >= 4 is 17.0 Å². The average Bonchev–Trinajstić information content (AvgIpc) is 2.39. The Morgan fingerprint density at radius 3 is 3.05 bits per heavy atom. The lowest BCUT2D eigenvalue weighted by molar-refractivity contribution is 0.996. The van der Waals surface area contributed by atoms with Crippen molar-refractivity contribution in [1.29, 1.82) is 0 Å². The zero-order chi connectivity index (χ0) is 13.7. The van der Waals surface area contributed by atoms with Gasteiger partial charge in [-0.3, -0.25) is 4.79 Å². The highest BCUT2D eigenvalue weighted by Crippen LogP contribution is 2.12. The zero-order valence-corrected chi connectivity index (χ0v) is 10.6. The fourth-order valence-electron chi connectivity index (χ4n) is 1.90. The van der Waals surface area contributed by atoms with Crippen LogP contribution in [0.3, 0.4) is 0 Å². The Labute approximate surface area is 110 Å². The summed E-state index contributed by atoms with van der Waals surface area (Å²) in [7, 11) is 0. The third-order valence-corrected chi connectivity index (χ3v) is 2.76. The Kier molecular flexibility index (Phi) is 4.00. The SMILES string of the molecule is Cc1cc(=O)c2cc(C=CCCN=[N+]=[N-])ccc2[nH]1.